The van der Waals surface area contributed by atoms with Gasteiger partial charge in [0, 0.05) is 12.4 Å². The lowest BCUT2D eigenvalue weighted by atomic mass is 10.3. The van der Waals surface area contributed by atoms with Crippen molar-refractivity contribution in [3.63, 3.8) is 0 Å². The summed E-state index contributed by atoms with van der Waals surface area (Å²) in [7, 11) is 1.79. The molecule has 0 amide bonds. The van der Waals surface area contributed by atoms with Gasteiger partial charge in [0.15, 0.2) is 0 Å². The molecule has 2 rings (SSSR count). The van der Waals surface area contributed by atoms with Crippen LogP contribution >= 0.6 is 11.3 Å². The summed E-state index contributed by atoms with van der Waals surface area (Å²) in [4.78, 5) is 5.44. The molecule has 2 aromatic rings. The number of hydrogen-bond donors (Lipinski definition) is 1. The van der Waals surface area contributed by atoms with E-state index in [4.69, 9.17) is 5.26 Å². The van der Waals surface area contributed by atoms with Crippen LogP contribution in [0.1, 0.15) is 0 Å². The molecule has 0 fully saturated rings. The summed E-state index contributed by atoms with van der Waals surface area (Å²) in [6, 6.07) is 6.05. The molecule has 0 aliphatic rings. The molecule has 1 unspecified atom stereocenters. The monoisotopic (exact) mass is 232 g/mol. The zero-order valence-corrected chi connectivity index (χ0v) is 9.74. The van der Waals surface area contributed by atoms with Crippen LogP contribution in [-0.2, 0) is 6.54 Å². The van der Waals surface area contributed by atoms with E-state index in [-0.39, 0.29) is 6.04 Å². The van der Waals surface area contributed by atoms with Crippen LogP contribution in [0.2, 0.25) is 0 Å². The molecule has 4 nitrogen and oxygen atoms in total. The molecule has 0 aromatic carbocycles. The van der Waals surface area contributed by atoms with Gasteiger partial charge in [0.25, 0.3) is 0 Å². The van der Waals surface area contributed by atoms with Crippen molar-refractivity contribution in [3.05, 3.63) is 29.9 Å². The second kappa shape index (κ2) is 4.92. The Morgan fingerprint density at radius 3 is 3.19 bits per heavy atom. The maximum absolute atomic E-state index is 8.90. The third-order valence-corrected chi connectivity index (χ3v) is 3.21. The van der Waals surface area contributed by atoms with Gasteiger partial charge in [-0.15, -0.1) is 11.3 Å². The van der Waals surface area contributed by atoms with E-state index in [1.807, 2.05) is 28.3 Å². The molecule has 0 spiro atoms. The van der Waals surface area contributed by atoms with E-state index in [0.717, 1.165) is 10.7 Å². The Kier molecular flexibility index (Phi) is 3.34. The standard InChI is InChI=1S/C11H12N4S/c1-13-9(7-12)8-15-5-4-14-11(15)10-3-2-6-16-10/h2-6,9,13H,8H2,1H3. The molecule has 82 valence electrons. The molecule has 0 saturated carbocycles. The number of likely N-dealkylation sites (N-methyl/N-ethyl adjacent to an activating group) is 1. The van der Waals surface area contributed by atoms with Crippen molar-refractivity contribution in [2.24, 2.45) is 0 Å². The average molecular weight is 232 g/mol. The first kappa shape index (κ1) is 10.9. The number of nitriles is 1. The van der Waals surface area contributed by atoms with Gasteiger partial charge in [-0.2, -0.15) is 5.26 Å². The van der Waals surface area contributed by atoms with Crippen LogP contribution in [0.3, 0.4) is 0 Å². The minimum Gasteiger partial charge on any atom is -0.328 e. The zero-order chi connectivity index (χ0) is 11.4. The average Bonchev–Trinajstić information content (AvgIpc) is 2.95. The number of nitrogens with one attached hydrogen (secondary N) is 1. The summed E-state index contributed by atoms with van der Waals surface area (Å²) in [5.41, 5.74) is 0. The topological polar surface area (TPSA) is 53.6 Å². The van der Waals surface area contributed by atoms with Gasteiger partial charge in [-0.3, -0.25) is 0 Å². The number of imidazole rings is 1. The van der Waals surface area contributed by atoms with Gasteiger partial charge in [0.05, 0.1) is 17.5 Å². The van der Waals surface area contributed by atoms with Crippen molar-refractivity contribution >= 4 is 11.3 Å². The van der Waals surface area contributed by atoms with Crippen LogP contribution in [0.5, 0.6) is 0 Å². The molecule has 1 N–H and O–H groups in total. The van der Waals surface area contributed by atoms with Gasteiger partial charge >= 0.3 is 0 Å². The lowest BCUT2D eigenvalue weighted by Crippen LogP contribution is -2.28. The predicted octanol–water partition coefficient (Wildman–Crippen LogP) is 1.72. The minimum atomic E-state index is -0.187. The second-order valence-corrected chi connectivity index (χ2v) is 4.30. The molecule has 0 aliphatic heterocycles. The largest absolute Gasteiger partial charge is 0.328 e. The van der Waals surface area contributed by atoms with Crippen molar-refractivity contribution < 1.29 is 0 Å². The van der Waals surface area contributed by atoms with Gasteiger partial charge in [0.2, 0.25) is 0 Å². The molecule has 0 aliphatic carbocycles. The Bertz CT molecular complexity index is 480. The molecule has 5 heteroatoms. The Hall–Kier alpha value is -1.64. The van der Waals surface area contributed by atoms with Crippen molar-refractivity contribution in [2.75, 3.05) is 7.05 Å². The van der Waals surface area contributed by atoms with Crippen LogP contribution < -0.4 is 5.32 Å². The van der Waals surface area contributed by atoms with Gasteiger partial charge in [-0.1, -0.05) is 6.07 Å². The SMILES string of the molecule is CNC(C#N)Cn1ccnc1-c1cccs1. The number of hydrogen-bond acceptors (Lipinski definition) is 4. The molecule has 2 heterocycles. The van der Waals surface area contributed by atoms with Gasteiger partial charge < -0.3 is 9.88 Å². The first-order valence-electron chi connectivity index (χ1n) is 4.97. The highest BCUT2D eigenvalue weighted by molar-refractivity contribution is 7.13. The second-order valence-electron chi connectivity index (χ2n) is 3.35. The number of thiophene rings is 1. The molecule has 0 bridgehead atoms. The molecular formula is C11H12N4S. The molecule has 2 aromatic heterocycles. The highest BCUT2D eigenvalue weighted by Gasteiger charge is 2.10. The minimum absolute atomic E-state index is 0.187. The highest BCUT2D eigenvalue weighted by atomic mass is 32.1. The van der Waals surface area contributed by atoms with Gasteiger partial charge in [0.1, 0.15) is 11.9 Å². The lowest BCUT2D eigenvalue weighted by molar-refractivity contribution is 0.568. The van der Waals surface area contributed by atoms with Crippen molar-refractivity contribution in [1.82, 2.24) is 14.9 Å². The Labute approximate surface area is 98.2 Å². The Morgan fingerprint density at radius 1 is 1.69 bits per heavy atom. The summed E-state index contributed by atoms with van der Waals surface area (Å²) in [6.07, 6.45) is 3.66. The van der Waals surface area contributed by atoms with E-state index < -0.39 is 0 Å². The first-order chi connectivity index (χ1) is 7.85. The normalized spacial score (nSPS) is 12.2. The maximum Gasteiger partial charge on any atom is 0.150 e. The van der Waals surface area contributed by atoms with Crippen LogP contribution in [-0.4, -0.2) is 22.6 Å². The Balaban J connectivity index is 2.24. The van der Waals surface area contributed by atoms with E-state index in [1.165, 1.54) is 0 Å². The maximum atomic E-state index is 8.90. The quantitative estimate of drug-likeness (QED) is 0.873. The fraction of sp³-hybridized carbons (Fsp3) is 0.273. The first-order valence-corrected chi connectivity index (χ1v) is 5.85. The Morgan fingerprint density at radius 2 is 2.56 bits per heavy atom. The molecule has 0 radical (unpaired) electrons. The fourth-order valence-electron chi connectivity index (χ4n) is 1.48. The number of aromatic nitrogens is 2. The van der Waals surface area contributed by atoms with E-state index in [2.05, 4.69) is 16.4 Å². The highest BCUT2D eigenvalue weighted by Crippen LogP contribution is 2.22. The van der Waals surface area contributed by atoms with Crippen molar-refractivity contribution in [3.8, 4) is 16.8 Å². The number of nitrogens with zero attached hydrogens (tertiary/aromatic N) is 3. The van der Waals surface area contributed by atoms with Crippen LogP contribution in [0, 0.1) is 11.3 Å². The van der Waals surface area contributed by atoms with Crippen molar-refractivity contribution in [1.29, 1.82) is 5.26 Å². The summed E-state index contributed by atoms with van der Waals surface area (Å²) in [6.45, 7) is 0.611. The summed E-state index contributed by atoms with van der Waals surface area (Å²) in [5.74, 6) is 0.922. The summed E-state index contributed by atoms with van der Waals surface area (Å²) in [5, 5.41) is 13.9. The van der Waals surface area contributed by atoms with E-state index in [9.17, 15) is 0 Å². The number of rotatable bonds is 4. The third kappa shape index (κ3) is 2.13. The van der Waals surface area contributed by atoms with Crippen molar-refractivity contribution in [2.45, 2.75) is 12.6 Å². The van der Waals surface area contributed by atoms with E-state index in [0.29, 0.717) is 6.54 Å². The van der Waals surface area contributed by atoms with E-state index >= 15 is 0 Å². The van der Waals surface area contributed by atoms with Crippen LogP contribution in [0.25, 0.3) is 10.7 Å². The van der Waals surface area contributed by atoms with Crippen LogP contribution in [0.15, 0.2) is 29.9 Å². The van der Waals surface area contributed by atoms with E-state index in [1.54, 1.807) is 24.6 Å². The van der Waals surface area contributed by atoms with Crippen LogP contribution in [0.4, 0.5) is 0 Å². The summed E-state index contributed by atoms with van der Waals surface area (Å²) < 4.78 is 2.00. The molecule has 0 saturated heterocycles. The molecule has 1 atom stereocenters. The zero-order valence-electron chi connectivity index (χ0n) is 8.92. The molecule has 16 heavy (non-hydrogen) atoms. The lowest BCUT2D eigenvalue weighted by Gasteiger charge is -2.10. The molecular weight excluding hydrogens is 220 g/mol. The third-order valence-electron chi connectivity index (χ3n) is 2.34. The summed E-state index contributed by atoms with van der Waals surface area (Å²) >= 11 is 1.65. The smallest absolute Gasteiger partial charge is 0.150 e. The van der Waals surface area contributed by atoms with Gasteiger partial charge in [-0.25, -0.2) is 4.98 Å². The predicted molar refractivity (Wildman–Crippen MR) is 64.0 cm³/mol. The fourth-order valence-corrected chi connectivity index (χ4v) is 2.22. The van der Waals surface area contributed by atoms with Gasteiger partial charge in [-0.05, 0) is 18.5 Å².